The number of hydrogen-bond donors (Lipinski definition) is 2. The second-order valence-electron chi connectivity index (χ2n) is 7.29. The molecule has 1 aromatic heterocycles. The highest BCUT2D eigenvalue weighted by molar-refractivity contribution is 6.07. The molecule has 2 amide bonds. The topological polar surface area (TPSA) is 89.8 Å². The fourth-order valence-electron chi connectivity index (χ4n) is 3.56. The molecule has 2 heterocycles. The predicted octanol–water partition coefficient (Wildman–Crippen LogP) is 4.18. The Hall–Kier alpha value is -3.74. The summed E-state index contributed by atoms with van der Waals surface area (Å²) in [5, 5.41) is 5.64. The van der Waals surface area contributed by atoms with Crippen molar-refractivity contribution in [3.05, 3.63) is 77.2 Å². The van der Waals surface area contributed by atoms with E-state index < -0.39 is 5.91 Å². The Kier molecular flexibility index (Phi) is 5.93. The fourth-order valence-corrected chi connectivity index (χ4v) is 3.56. The number of anilines is 1. The van der Waals surface area contributed by atoms with Gasteiger partial charge in [0.25, 0.3) is 11.8 Å². The molecule has 0 saturated heterocycles. The molecule has 1 atom stereocenters. The molecule has 1 aliphatic rings. The molecule has 0 radical (unpaired) electrons. The first kappa shape index (κ1) is 20.5. The van der Waals surface area contributed by atoms with Gasteiger partial charge in [0.05, 0.1) is 24.1 Å². The summed E-state index contributed by atoms with van der Waals surface area (Å²) in [6.07, 6.45) is 2.38. The number of furan rings is 1. The van der Waals surface area contributed by atoms with Crippen LogP contribution in [0.5, 0.6) is 11.5 Å². The van der Waals surface area contributed by atoms with Crippen LogP contribution in [0.4, 0.5) is 5.69 Å². The first-order chi connectivity index (χ1) is 15.0. The Morgan fingerprint density at radius 3 is 2.74 bits per heavy atom. The van der Waals surface area contributed by atoms with Gasteiger partial charge in [-0.05, 0) is 50.2 Å². The van der Waals surface area contributed by atoms with Gasteiger partial charge in [0.1, 0.15) is 17.6 Å². The number of amides is 2. The Morgan fingerprint density at radius 1 is 1.13 bits per heavy atom. The lowest BCUT2D eigenvalue weighted by Gasteiger charge is -2.14. The van der Waals surface area contributed by atoms with Gasteiger partial charge in [-0.1, -0.05) is 12.1 Å². The Morgan fingerprint density at radius 2 is 1.97 bits per heavy atom. The van der Waals surface area contributed by atoms with E-state index in [1.54, 1.807) is 36.4 Å². The summed E-state index contributed by atoms with van der Waals surface area (Å²) in [6.45, 7) is 4.74. The second-order valence-corrected chi connectivity index (χ2v) is 7.29. The molecule has 7 heteroatoms. The number of para-hydroxylation sites is 1. The normalized spacial score (nSPS) is 14.5. The van der Waals surface area contributed by atoms with Crippen molar-refractivity contribution < 1.29 is 23.5 Å². The molecule has 0 spiro atoms. The van der Waals surface area contributed by atoms with Crippen LogP contribution in [-0.4, -0.2) is 24.5 Å². The highest BCUT2D eigenvalue weighted by Crippen LogP contribution is 2.35. The number of fused-ring (bicyclic) bond motifs is 1. The first-order valence-electron chi connectivity index (χ1n) is 10.2. The molecule has 0 saturated carbocycles. The summed E-state index contributed by atoms with van der Waals surface area (Å²) in [7, 11) is 0. The van der Waals surface area contributed by atoms with Crippen molar-refractivity contribution in [2.24, 2.45) is 0 Å². The third-order valence-corrected chi connectivity index (χ3v) is 4.98. The predicted molar refractivity (Wildman–Crippen MR) is 116 cm³/mol. The van der Waals surface area contributed by atoms with Gasteiger partial charge in [-0.2, -0.15) is 0 Å². The summed E-state index contributed by atoms with van der Waals surface area (Å²) in [6, 6.07) is 13.9. The molecule has 7 nitrogen and oxygen atoms in total. The fraction of sp³-hybridized carbons (Fsp3) is 0.250. The van der Waals surface area contributed by atoms with Gasteiger partial charge < -0.3 is 24.5 Å². The summed E-state index contributed by atoms with van der Waals surface area (Å²) in [5.74, 6) is 0.996. The van der Waals surface area contributed by atoms with E-state index in [0.717, 1.165) is 29.0 Å². The maximum Gasteiger partial charge on any atom is 0.291 e. The van der Waals surface area contributed by atoms with Crippen LogP contribution in [0.1, 0.15) is 45.9 Å². The zero-order valence-electron chi connectivity index (χ0n) is 17.4. The maximum absolute atomic E-state index is 12.9. The lowest BCUT2D eigenvalue weighted by Crippen LogP contribution is -2.25. The minimum atomic E-state index is -0.422. The average Bonchev–Trinajstić information content (AvgIpc) is 3.41. The van der Waals surface area contributed by atoms with Crippen molar-refractivity contribution in [1.29, 1.82) is 0 Å². The van der Waals surface area contributed by atoms with E-state index in [0.29, 0.717) is 17.9 Å². The Bertz CT molecular complexity index is 1090. The van der Waals surface area contributed by atoms with Gasteiger partial charge in [0.2, 0.25) is 0 Å². The number of hydrogen-bond acceptors (Lipinski definition) is 5. The van der Waals surface area contributed by atoms with Crippen LogP contribution in [0, 0.1) is 0 Å². The summed E-state index contributed by atoms with van der Waals surface area (Å²) < 4.78 is 16.7. The number of carbonyl (C=O) groups is 2. The summed E-state index contributed by atoms with van der Waals surface area (Å²) in [5.41, 5.74) is 2.70. The van der Waals surface area contributed by atoms with Gasteiger partial charge >= 0.3 is 0 Å². The van der Waals surface area contributed by atoms with E-state index in [1.807, 2.05) is 26.0 Å². The van der Waals surface area contributed by atoms with E-state index in [-0.39, 0.29) is 24.3 Å². The molecule has 4 rings (SSSR count). The number of nitrogens with one attached hydrogen (secondary N) is 2. The maximum atomic E-state index is 12.9. The minimum absolute atomic E-state index is 0.124. The zero-order valence-corrected chi connectivity index (χ0v) is 17.4. The second kappa shape index (κ2) is 8.95. The molecular formula is C24H24N2O5. The molecule has 0 bridgehead atoms. The molecule has 0 aliphatic carbocycles. The van der Waals surface area contributed by atoms with E-state index in [9.17, 15) is 9.59 Å². The monoisotopic (exact) mass is 420 g/mol. The highest BCUT2D eigenvalue weighted by atomic mass is 16.5. The van der Waals surface area contributed by atoms with Crippen LogP contribution in [0.2, 0.25) is 0 Å². The summed E-state index contributed by atoms with van der Waals surface area (Å²) in [4.78, 5) is 25.2. The van der Waals surface area contributed by atoms with Crippen molar-refractivity contribution in [3.8, 4) is 11.5 Å². The number of rotatable bonds is 7. The number of ether oxygens (including phenoxy) is 2. The number of benzene rings is 2. The Labute approximate surface area is 180 Å². The number of carbonyl (C=O) groups excluding carboxylic acids is 2. The lowest BCUT2D eigenvalue weighted by molar-refractivity contribution is 0.0951. The average molecular weight is 420 g/mol. The molecule has 2 N–H and O–H groups in total. The zero-order chi connectivity index (χ0) is 21.8. The van der Waals surface area contributed by atoms with Crippen molar-refractivity contribution >= 4 is 17.5 Å². The van der Waals surface area contributed by atoms with Crippen molar-refractivity contribution in [1.82, 2.24) is 5.32 Å². The molecule has 3 aromatic rings. The molecule has 31 heavy (non-hydrogen) atoms. The molecule has 160 valence electrons. The van der Waals surface area contributed by atoms with E-state index in [2.05, 4.69) is 10.6 Å². The molecule has 0 fully saturated rings. The van der Waals surface area contributed by atoms with Crippen LogP contribution >= 0.6 is 0 Å². The van der Waals surface area contributed by atoms with Gasteiger partial charge in [0, 0.05) is 24.1 Å². The smallest absolute Gasteiger partial charge is 0.291 e. The van der Waals surface area contributed by atoms with Gasteiger partial charge in [-0.3, -0.25) is 9.59 Å². The standard InChI is InChI=1S/C24H24N2O5/c1-3-29-21-12-16-11-15(2)31-22(16)13-17(21)14-25-23(27)18-7-4-5-8-19(18)26-24(28)20-9-6-10-30-20/h4-10,12-13,15H,3,11,14H2,1-2H3,(H,25,27)(H,26,28). The van der Waals surface area contributed by atoms with Crippen LogP contribution in [0.3, 0.4) is 0 Å². The third kappa shape index (κ3) is 4.55. The molecule has 1 aliphatic heterocycles. The van der Waals surface area contributed by atoms with Gasteiger partial charge in [-0.25, -0.2) is 0 Å². The molecular weight excluding hydrogens is 396 g/mol. The third-order valence-electron chi connectivity index (χ3n) is 4.98. The van der Waals surface area contributed by atoms with Gasteiger partial charge in [0.15, 0.2) is 5.76 Å². The lowest BCUT2D eigenvalue weighted by atomic mass is 10.1. The van der Waals surface area contributed by atoms with E-state index in [1.165, 1.54) is 6.26 Å². The molecule has 1 unspecified atom stereocenters. The van der Waals surface area contributed by atoms with Crippen LogP contribution in [0.15, 0.2) is 59.2 Å². The van der Waals surface area contributed by atoms with Crippen molar-refractivity contribution in [2.75, 3.05) is 11.9 Å². The quantitative estimate of drug-likeness (QED) is 0.598. The largest absolute Gasteiger partial charge is 0.494 e. The van der Waals surface area contributed by atoms with Crippen molar-refractivity contribution in [2.45, 2.75) is 32.9 Å². The van der Waals surface area contributed by atoms with Crippen LogP contribution in [0.25, 0.3) is 0 Å². The van der Waals surface area contributed by atoms with E-state index >= 15 is 0 Å². The highest BCUT2D eigenvalue weighted by Gasteiger charge is 2.22. The van der Waals surface area contributed by atoms with Crippen LogP contribution < -0.4 is 20.1 Å². The first-order valence-corrected chi connectivity index (χ1v) is 10.2. The SMILES string of the molecule is CCOc1cc2c(cc1CNC(=O)c1ccccc1NC(=O)c1ccco1)OC(C)C2. The van der Waals surface area contributed by atoms with E-state index in [4.69, 9.17) is 13.9 Å². The van der Waals surface area contributed by atoms with Gasteiger partial charge in [-0.15, -0.1) is 0 Å². The Balaban J connectivity index is 1.50. The van der Waals surface area contributed by atoms with Crippen LogP contribution in [-0.2, 0) is 13.0 Å². The molecule has 2 aromatic carbocycles. The summed E-state index contributed by atoms with van der Waals surface area (Å²) >= 11 is 0. The van der Waals surface area contributed by atoms with Crippen molar-refractivity contribution in [3.63, 3.8) is 0 Å². The minimum Gasteiger partial charge on any atom is -0.494 e.